The van der Waals surface area contributed by atoms with Crippen LogP contribution in [0.3, 0.4) is 0 Å². The fourth-order valence-electron chi connectivity index (χ4n) is 2.31. The highest BCUT2D eigenvalue weighted by molar-refractivity contribution is 4.70. The summed E-state index contributed by atoms with van der Waals surface area (Å²) in [4.78, 5) is 0. The molecule has 12 nitrogen and oxygen atoms in total. The Hall–Kier alpha value is -0.480. The normalized spacial score (nSPS) is 13.5. The lowest BCUT2D eigenvalue weighted by Crippen LogP contribution is -2.40. The van der Waals surface area contributed by atoms with Gasteiger partial charge in [-0.1, -0.05) is 0 Å². The van der Waals surface area contributed by atoms with E-state index in [-0.39, 0.29) is 52.9 Å². The van der Waals surface area contributed by atoms with Crippen molar-refractivity contribution in [3.8, 4) is 0 Å². The Morgan fingerprint density at radius 2 is 0.750 bits per heavy atom. The topological polar surface area (TPSA) is 155 Å². The Morgan fingerprint density at radius 1 is 0.375 bits per heavy atom. The summed E-state index contributed by atoms with van der Waals surface area (Å²) >= 11 is 0. The molecule has 0 rings (SSSR count). The van der Waals surface area contributed by atoms with Crippen LogP contribution in [0.2, 0.25) is 0 Å². The zero-order chi connectivity index (χ0) is 23.5. The quantitative estimate of drug-likeness (QED) is 0.0957. The van der Waals surface area contributed by atoms with Crippen molar-refractivity contribution in [1.82, 2.24) is 0 Å². The van der Waals surface area contributed by atoms with Crippen molar-refractivity contribution in [3.63, 3.8) is 0 Å². The second-order valence-corrected chi connectivity index (χ2v) is 6.31. The predicted molar refractivity (Wildman–Crippen MR) is 113 cm³/mol. The Balaban J connectivity index is 3.74. The van der Waals surface area contributed by atoms with E-state index in [0.717, 1.165) is 0 Å². The third-order valence-electron chi connectivity index (χ3n) is 3.82. The summed E-state index contributed by atoms with van der Waals surface area (Å²) in [5.41, 5.74) is 0. The van der Waals surface area contributed by atoms with Crippen LogP contribution in [0.4, 0.5) is 0 Å². The van der Waals surface area contributed by atoms with E-state index in [0.29, 0.717) is 66.1 Å². The van der Waals surface area contributed by atoms with Crippen LogP contribution >= 0.6 is 0 Å². The number of hydrogen-bond donors (Lipinski definition) is 4. The maximum Gasteiger partial charge on any atom is 0.109 e. The number of aliphatic hydroxyl groups excluding tert-OH is 4. The number of aliphatic hydroxyl groups is 4. The molecule has 0 aliphatic carbocycles. The molecule has 0 fully saturated rings. The number of ether oxygens (including phenoxy) is 8. The molecule has 0 aromatic carbocycles. The second kappa shape index (κ2) is 26.8. The Bertz CT molecular complexity index is 351. The van der Waals surface area contributed by atoms with Gasteiger partial charge in [-0.15, -0.1) is 0 Å². The SMILES string of the molecule is OCCOCCOCCOCCOCCOC(CO)C(COCCOCCO)OCCO. The molecule has 0 spiro atoms. The molecular formula is C20H42O12. The largest absolute Gasteiger partial charge is 0.394 e. The van der Waals surface area contributed by atoms with Crippen molar-refractivity contribution in [2.45, 2.75) is 12.2 Å². The van der Waals surface area contributed by atoms with Crippen molar-refractivity contribution in [2.24, 2.45) is 0 Å². The van der Waals surface area contributed by atoms with E-state index in [4.69, 9.17) is 53.2 Å². The summed E-state index contributed by atoms with van der Waals surface area (Å²) in [5, 5.41) is 35.8. The standard InChI is InChI=1S/C20H42O12/c21-1-4-25-7-8-27-9-10-28-11-12-29-15-16-32-19(17-24)20(31-6-3-23)18-30-14-13-26-5-2-22/h19-24H,1-18H2. The van der Waals surface area contributed by atoms with Gasteiger partial charge in [-0.2, -0.15) is 0 Å². The highest BCUT2D eigenvalue weighted by Crippen LogP contribution is 2.06. The molecule has 4 N–H and O–H groups in total. The Morgan fingerprint density at radius 3 is 1.19 bits per heavy atom. The van der Waals surface area contributed by atoms with E-state index < -0.39 is 12.2 Å². The first-order valence-corrected chi connectivity index (χ1v) is 10.9. The monoisotopic (exact) mass is 474 g/mol. The van der Waals surface area contributed by atoms with Gasteiger partial charge in [0.2, 0.25) is 0 Å². The van der Waals surface area contributed by atoms with Crippen LogP contribution < -0.4 is 0 Å². The van der Waals surface area contributed by atoms with Crippen LogP contribution in [0.25, 0.3) is 0 Å². The van der Waals surface area contributed by atoms with E-state index >= 15 is 0 Å². The molecular weight excluding hydrogens is 432 g/mol. The van der Waals surface area contributed by atoms with Crippen LogP contribution in [0.15, 0.2) is 0 Å². The van der Waals surface area contributed by atoms with E-state index in [1.54, 1.807) is 0 Å². The van der Waals surface area contributed by atoms with E-state index in [1.165, 1.54) is 0 Å². The van der Waals surface area contributed by atoms with Crippen LogP contribution in [0.5, 0.6) is 0 Å². The summed E-state index contributed by atoms with van der Waals surface area (Å²) in [5.74, 6) is 0. The molecule has 0 bridgehead atoms. The van der Waals surface area contributed by atoms with Crippen molar-refractivity contribution >= 4 is 0 Å². The van der Waals surface area contributed by atoms with Crippen molar-refractivity contribution in [2.75, 3.05) is 119 Å². The third kappa shape index (κ3) is 21.4. The molecule has 32 heavy (non-hydrogen) atoms. The summed E-state index contributed by atoms with van der Waals surface area (Å²) in [7, 11) is 0. The average Bonchev–Trinajstić information content (AvgIpc) is 2.81. The molecule has 0 heterocycles. The molecule has 0 radical (unpaired) electrons. The first-order valence-electron chi connectivity index (χ1n) is 10.9. The average molecular weight is 475 g/mol. The van der Waals surface area contributed by atoms with Crippen LogP contribution in [0.1, 0.15) is 0 Å². The minimum Gasteiger partial charge on any atom is -0.394 e. The predicted octanol–water partition coefficient (Wildman–Crippen LogP) is -2.17. The lowest BCUT2D eigenvalue weighted by Gasteiger charge is -2.26. The van der Waals surface area contributed by atoms with Gasteiger partial charge in [-0.3, -0.25) is 0 Å². The summed E-state index contributed by atoms with van der Waals surface area (Å²) in [6, 6.07) is 0. The van der Waals surface area contributed by atoms with Gasteiger partial charge in [0.15, 0.2) is 0 Å². The minimum atomic E-state index is -0.627. The molecule has 0 aromatic heterocycles. The van der Waals surface area contributed by atoms with Gasteiger partial charge in [-0.25, -0.2) is 0 Å². The Labute approximate surface area is 190 Å². The van der Waals surface area contributed by atoms with Crippen LogP contribution in [0, 0.1) is 0 Å². The number of rotatable bonds is 27. The van der Waals surface area contributed by atoms with Gasteiger partial charge in [0.25, 0.3) is 0 Å². The van der Waals surface area contributed by atoms with Gasteiger partial charge in [0.05, 0.1) is 119 Å². The second-order valence-electron chi connectivity index (χ2n) is 6.31. The molecule has 2 unspecified atom stereocenters. The van der Waals surface area contributed by atoms with E-state index in [9.17, 15) is 5.11 Å². The maximum absolute atomic E-state index is 9.61. The molecule has 0 saturated heterocycles. The molecule has 0 aliphatic heterocycles. The molecule has 194 valence electrons. The van der Waals surface area contributed by atoms with Crippen molar-refractivity contribution in [3.05, 3.63) is 0 Å². The first-order chi connectivity index (χ1) is 15.8. The van der Waals surface area contributed by atoms with E-state index in [1.807, 2.05) is 0 Å². The molecule has 0 saturated carbocycles. The summed E-state index contributed by atoms with van der Waals surface area (Å²) in [6.45, 7) is 4.18. The fourth-order valence-corrected chi connectivity index (χ4v) is 2.31. The molecule has 2 atom stereocenters. The lowest BCUT2D eigenvalue weighted by atomic mass is 10.2. The van der Waals surface area contributed by atoms with Crippen LogP contribution in [-0.4, -0.2) is 152 Å². The van der Waals surface area contributed by atoms with E-state index in [2.05, 4.69) is 0 Å². The smallest absolute Gasteiger partial charge is 0.109 e. The minimum absolute atomic E-state index is 0.00384. The van der Waals surface area contributed by atoms with Gasteiger partial charge in [0, 0.05) is 0 Å². The summed E-state index contributed by atoms with van der Waals surface area (Å²) < 4.78 is 42.9. The molecule has 12 heteroatoms. The maximum atomic E-state index is 9.61. The van der Waals surface area contributed by atoms with Gasteiger partial charge >= 0.3 is 0 Å². The molecule has 0 aromatic rings. The van der Waals surface area contributed by atoms with Crippen LogP contribution in [-0.2, 0) is 37.9 Å². The van der Waals surface area contributed by atoms with Gasteiger partial charge < -0.3 is 58.3 Å². The van der Waals surface area contributed by atoms with Crippen molar-refractivity contribution in [1.29, 1.82) is 0 Å². The fraction of sp³-hybridized carbons (Fsp3) is 1.00. The first kappa shape index (κ1) is 31.5. The highest BCUT2D eigenvalue weighted by Gasteiger charge is 2.22. The zero-order valence-corrected chi connectivity index (χ0v) is 18.9. The van der Waals surface area contributed by atoms with Gasteiger partial charge in [-0.05, 0) is 0 Å². The highest BCUT2D eigenvalue weighted by atomic mass is 16.6. The summed E-state index contributed by atoms with van der Waals surface area (Å²) in [6.07, 6.45) is -1.18. The van der Waals surface area contributed by atoms with Crippen molar-refractivity contribution < 1.29 is 58.3 Å². The molecule has 0 aliphatic rings. The Kier molecular flexibility index (Phi) is 26.4. The third-order valence-corrected chi connectivity index (χ3v) is 3.82. The zero-order valence-electron chi connectivity index (χ0n) is 18.9. The number of hydrogen-bond acceptors (Lipinski definition) is 12. The van der Waals surface area contributed by atoms with Gasteiger partial charge in [0.1, 0.15) is 12.2 Å². The molecule has 0 amide bonds. The lowest BCUT2D eigenvalue weighted by molar-refractivity contribution is -0.131.